The van der Waals surface area contributed by atoms with E-state index in [9.17, 15) is 5.11 Å². The molecule has 2 heteroatoms. The molecular weight excluding hydrogens is 372 g/mol. The fraction of sp³-hybridized carbons (Fsp3) is 0.778. The first-order chi connectivity index (χ1) is 14.3. The van der Waals surface area contributed by atoms with Crippen LogP contribution in [0.25, 0.3) is 0 Å². The molecule has 1 N–H and O–H groups in total. The summed E-state index contributed by atoms with van der Waals surface area (Å²) >= 11 is 1.92. The highest BCUT2D eigenvalue weighted by molar-refractivity contribution is 7.99. The molecule has 0 aromatic heterocycles. The van der Waals surface area contributed by atoms with E-state index in [-0.39, 0.29) is 11.4 Å². The van der Waals surface area contributed by atoms with Gasteiger partial charge in [-0.15, -0.1) is 0 Å². The van der Waals surface area contributed by atoms with Gasteiger partial charge in [-0.05, 0) is 17.7 Å². The van der Waals surface area contributed by atoms with E-state index < -0.39 is 0 Å². The third-order valence-electron chi connectivity index (χ3n) is 5.96. The molecule has 0 radical (unpaired) electrons. The molecule has 0 spiro atoms. The molecule has 0 saturated carbocycles. The summed E-state index contributed by atoms with van der Waals surface area (Å²) in [5, 5.41) is 10.7. The zero-order valence-electron chi connectivity index (χ0n) is 19.4. The Morgan fingerprint density at radius 2 is 1.07 bits per heavy atom. The van der Waals surface area contributed by atoms with Crippen LogP contribution in [0.5, 0.6) is 0 Å². The number of aliphatic hydroxyl groups is 1. The van der Waals surface area contributed by atoms with Crippen molar-refractivity contribution in [1.29, 1.82) is 0 Å². The molecular formula is C27H48OS. The van der Waals surface area contributed by atoms with Crippen LogP contribution >= 0.6 is 11.8 Å². The first kappa shape index (κ1) is 26.6. The van der Waals surface area contributed by atoms with Crippen molar-refractivity contribution in [2.24, 2.45) is 0 Å². The lowest BCUT2D eigenvalue weighted by Gasteiger charge is -2.18. The van der Waals surface area contributed by atoms with Gasteiger partial charge in [-0.1, -0.05) is 140 Å². The predicted molar refractivity (Wildman–Crippen MR) is 133 cm³/mol. The molecule has 0 aliphatic rings. The van der Waals surface area contributed by atoms with Gasteiger partial charge < -0.3 is 5.11 Å². The van der Waals surface area contributed by atoms with Crippen molar-refractivity contribution in [3.8, 4) is 0 Å². The summed E-state index contributed by atoms with van der Waals surface area (Å²) in [4.78, 5) is 0. The Kier molecular flexibility index (Phi) is 17.9. The van der Waals surface area contributed by atoms with Crippen LogP contribution in [0.1, 0.15) is 128 Å². The van der Waals surface area contributed by atoms with Crippen LogP contribution < -0.4 is 0 Å². The van der Waals surface area contributed by atoms with Gasteiger partial charge in [0.25, 0.3) is 0 Å². The number of aliphatic hydroxyl groups excluding tert-OH is 1. The fourth-order valence-electron chi connectivity index (χ4n) is 3.93. The Bertz CT molecular complexity index is 447. The number of rotatable bonds is 20. The van der Waals surface area contributed by atoms with E-state index in [4.69, 9.17) is 0 Å². The second-order valence-corrected chi connectivity index (χ2v) is 10.2. The maximum Gasteiger partial charge on any atom is 0.0905 e. The summed E-state index contributed by atoms with van der Waals surface area (Å²) in [6, 6.07) is 10.1. The lowest BCUT2D eigenvalue weighted by molar-refractivity contribution is 0.179. The number of benzene rings is 1. The molecule has 1 rings (SSSR count). The Morgan fingerprint density at radius 3 is 1.52 bits per heavy atom. The summed E-state index contributed by atoms with van der Waals surface area (Å²) < 4.78 is 0. The molecule has 0 aliphatic carbocycles. The quantitative estimate of drug-likeness (QED) is 0.212. The highest BCUT2D eigenvalue weighted by Gasteiger charge is 2.15. The van der Waals surface area contributed by atoms with Gasteiger partial charge in [0.1, 0.15) is 0 Å². The van der Waals surface area contributed by atoms with E-state index in [1.807, 2.05) is 42.1 Å². The number of hydrogen-bond acceptors (Lipinski definition) is 2. The summed E-state index contributed by atoms with van der Waals surface area (Å²) in [7, 11) is 0. The molecule has 0 saturated heterocycles. The van der Waals surface area contributed by atoms with Gasteiger partial charge in [0.2, 0.25) is 0 Å². The molecule has 0 aliphatic heterocycles. The Labute approximate surface area is 186 Å². The summed E-state index contributed by atoms with van der Waals surface area (Å²) in [5.74, 6) is 1.17. The molecule has 0 heterocycles. The predicted octanol–water partition coefficient (Wildman–Crippen LogP) is 9.10. The monoisotopic (exact) mass is 420 g/mol. The van der Waals surface area contributed by atoms with Crippen molar-refractivity contribution >= 4 is 11.8 Å². The van der Waals surface area contributed by atoms with E-state index in [1.165, 1.54) is 108 Å². The summed E-state index contributed by atoms with van der Waals surface area (Å²) in [6.07, 6.45) is 22.4. The Morgan fingerprint density at radius 1 is 0.655 bits per heavy atom. The third kappa shape index (κ3) is 15.0. The van der Waals surface area contributed by atoms with Crippen LogP contribution in [-0.4, -0.2) is 16.1 Å². The largest absolute Gasteiger partial charge is 0.387 e. The van der Waals surface area contributed by atoms with Crippen LogP contribution in [0.4, 0.5) is 0 Å². The van der Waals surface area contributed by atoms with Crippen LogP contribution in [0.3, 0.4) is 0 Å². The van der Waals surface area contributed by atoms with Crippen molar-refractivity contribution < 1.29 is 5.11 Å². The zero-order chi connectivity index (χ0) is 21.0. The number of thioether (sulfide) groups is 1. The number of hydrogen-bond donors (Lipinski definition) is 1. The minimum Gasteiger partial charge on any atom is -0.387 e. The molecule has 2 unspecified atom stereocenters. The first-order valence-electron chi connectivity index (χ1n) is 12.6. The van der Waals surface area contributed by atoms with Crippen LogP contribution in [-0.2, 0) is 0 Å². The summed E-state index contributed by atoms with van der Waals surface area (Å²) in [6.45, 7) is 4.44. The molecule has 0 bridgehead atoms. The van der Waals surface area contributed by atoms with Gasteiger partial charge in [0.05, 0.1) is 6.10 Å². The van der Waals surface area contributed by atoms with E-state index in [0.717, 1.165) is 5.56 Å². The molecule has 1 aromatic rings. The van der Waals surface area contributed by atoms with E-state index in [1.54, 1.807) is 0 Å². The van der Waals surface area contributed by atoms with Crippen molar-refractivity contribution in [3.63, 3.8) is 0 Å². The van der Waals surface area contributed by atoms with Gasteiger partial charge in [0, 0.05) is 5.25 Å². The average Bonchev–Trinajstić information content (AvgIpc) is 2.75. The maximum atomic E-state index is 10.4. The molecule has 1 aromatic carbocycles. The Balaban J connectivity index is 1.80. The van der Waals surface area contributed by atoms with E-state index >= 15 is 0 Å². The van der Waals surface area contributed by atoms with Crippen molar-refractivity contribution in [1.82, 2.24) is 0 Å². The molecule has 1 nitrogen and oxygen atoms in total. The minimum atomic E-state index is -0.345. The van der Waals surface area contributed by atoms with Crippen LogP contribution in [0, 0.1) is 0 Å². The summed E-state index contributed by atoms with van der Waals surface area (Å²) in [5.41, 5.74) is 1.04. The van der Waals surface area contributed by atoms with Gasteiger partial charge in [-0.25, -0.2) is 0 Å². The second kappa shape index (κ2) is 19.5. The molecule has 2 atom stereocenters. The maximum absolute atomic E-state index is 10.4. The zero-order valence-corrected chi connectivity index (χ0v) is 20.2. The van der Waals surface area contributed by atoms with Gasteiger partial charge in [-0.2, -0.15) is 11.8 Å². The van der Waals surface area contributed by atoms with Crippen LogP contribution in [0.2, 0.25) is 0 Å². The van der Waals surface area contributed by atoms with Crippen molar-refractivity contribution in [2.75, 3.05) is 5.75 Å². The van der Waals surface area contributed by atoms with Crippen LogP contribution in [0.15, 0.2) is 30.3 Å². The van der Waals surface area contributed by atoms with Gasteiger partial charge in [-0.3, -0.25) is 0 Å². The molecule has 168 valence electrons. The average molecular weight is 421 g/mol. The van der Waals surface area contributed by atoms with E-state index in [0.29, 0.717) is 0 Å². The lowest BCUT2D eigenvalue weighted by Crippen LogP contribution is -2.11. The smallest absolute Gasteiger partial charge is 0.0905 e. The topological polar surface area (TPSA) is 20.2 Å². The minimum absolute atomic E-state index is 0.272. The lowest BCUT2D eigenvalue weighted by atomic mass is 10.0. The highest BCUT2D eigenvalue weighted by atomic mass is 32.2. The Hall–Kier alpha value is -0.470. The highest BCUT2D eigenvalue weighted by Crippen LogP contribution is 2.27. The standard InChI is InChI=1S/C27H48OS/c1-3-4-5-6-7-8-9-10-11-12-13-14-15-16-17-21-24-29-25(2)27(28)26-22-19-18-20-23-26/h18-20,22-23,25,27-28H,3-17,21,24H2,1-2H3. The molecule has 0 amide bonds. The normalized spacial score (nSPS) is 13.5. The molecule has 29 heavy (non-hydrogen) atoms. The van der Waals surface area contributed by atoms with Crippen molar-refractivity contribution in [3.05, 3.63) is 35.9 Å². The fourth-order valence-corrected chi connectivity index (χ4v) is 5.01. The third-order valence-corrected chi connectivity index (χ3v) is 7.27. The molecule has 0 fully saturated rings. The number of unbranched alkanes of at least 4 members (excludes halogenated alkanes) is 15. The first-order valence-corrected chi connectivity index (χ1v) is 13.6. The van der Waals surface area contributed by atoms with Gasteiger partial charge in [0.15, 0.2) is 0 Å². The SMILES string of the molecule is CCCCCCCCCCCCCCCCCCSC(C)C(O)c1ccccc1. The van der Waals surface area contributed by atoms with E-state index in [2.05, 4.69) is 13.8 Å². The second-order valence-electron chi connectivity index (χ2n) is 8.73. The van der Waals surface area contributed by atoms with Crippen molar-refractivity contribution in [2.45, 2.75) is 128 Å². The van der Waals surface area contributed by atoms with Gasteiger partial charge >= 0.3 is 0 Å².